The Morgan fingerprint density at radius 1 is 1.38 bits per heavy atom. The molecule has 86 valence electrons. The molecule has 5 heteroatoms. The van der Waals surface area contributed by atoms with Crippen molar-refractivity contribution in [2.24, 2.45) is 5.92 Å². The van der Waals surface area contributed by atoms with Crippen molar-refractivity contribution in [1.82, 2.24) is 0 Å². The van der Waals surface area contributed by atoms with Crippen LogP contribution < -0.4 is 5.46 Å². The number of hydrogen-bond donors (Lipinski definition) is 3. The smallest absolute Gasteiger partial charge is 0.478 e. The van der Waals surface area contributed by atoms with E-state index in [1.54, 1.807) is 0 Å². The number of carboxylic acid groups (broad SMARTS) is 1. The summed E-state index contributed by atoms with van der Waals surface area (Å²) in [5.41, 5.74) is 0.910. The zero-order chi connectivity index (χ0) is 12.3. The molecule has 0 unspecified atom stereocenters. The van der Waals surface area contributed by atoms with Crippen molar-refractivity contribution >= 4 is 18.6 Å². The van der Waals surface area contributed by atoms with Crippen LogP contribution in [0.5, 0.6) is 0 Å². The van der Waals surface area contributed by atoms with Gasteiger partial charge in [-0.1, -0.05) is 26.0 Å². The van der Waals surface area contributed by atoms with Gasteiger partial charge in [-0.25, -0.2) is 4.79 Å². The number of carboxylic acids is 1. The van der Waals surface area contributed by atoms with Crippen molar-refractivity contribution in [3.05, 3.63) is 29.3 Å². The van der Waals surface area contributed by atoms with Gasteiger partial charge in [0.2, 0.25) is 0 Å². The first-order valence-corrected chi connectivity index (χ1v) is 5.14. The van der Waals surface area contributed by atoms with Crippen LogP contribution in [-0.4, -0.2) is 28.2 Å². The lowest BCUT2D eigenvalue weighted by atomic mass is 9.74. The van der Waals surface area contributed by atoms with Crippen LogP contribution in [0.4, 0.5) is 0 Å². The Morgan fingerprint density at radius 3 is 2.44 bits per heavy atom. The highest BCUT2D eigenvalue weighted by molar-refractivity contribution is 6.59. The zero-order valence-corrected chi connectivity index (χ0v) is 9.34. The molecule has 1 aromatic carbocycles. The fourth-order valence-electron chi connectivity index (χ4n) is 1.68. The van der Waals surface area contributed by atoms with Crippen LogP contribution in [0.3, 0.4) is 0 Å². The summed E-state index contributed by atoms with van der Waals surface area (Å²) in [7, 11) is -1.63. The minimum Gasteiger partial charge on any atom is -0.478 e. The SMILES string of the molecule is CC(C)Cc1c(B(O)O)cccc1C(=O)O. The molecule has 0 fully saturated rings. The average Bonchev–Trinajstić information content (AvgIpc) is 2.16. The van der Waals surface area contributed by atoms with Gasteiger partial charge in [0.15, 0.2) is 0 Å². The summed E-state index contributed by atoms with van der Waals surface area (Å²) in [6, 6.07) is 4.53. The molecular formula is C11H15BO4. The highest BCUT2D eigenvalue weighted by Gasteiger charge is 2.21. The first-order chi connectivity index (χ1) is 7.43. The molecule has 0 aliphatic rings. The average molecular weight is 222 g/mol. The highest BCUT2D eigenvalue weighted by Crippen LogP contribution is 2.12. The Kier molecular flexibility index (Phi) is 4.09. The molecule has 0 radical (unpaired) electrons. The topological polar surface area (TPSA) is 77.8 Å². The second-order valence-electron chi connectivity index (χ2n) is 4.15. The molecule has 0 spiro atoms. The number of carbonyl (C=O) groups is 1. The quantitative estimate of drug-likeness (QED) is 0.638. The van der Waals surface area contributed by atoms with Crippen LogP contribution in [0.2, 0.25) is 0 Å². The predicted molar refractivity (Wildman–Crippen MR) is 61.8 cm³/mol. The zero-order valence-electron chi connectivity index (χ0n) is 9.34. The van der Waals surface area contributed by atoms with E-state index in [0.717, 1.165) is 0 Å². The van der Waals surface area contributed by atoms with Gasteiger partial charge in [0.05, 0.1) is 5.56 Å². The van der Waals surface area contributed by atoms with Crippen molar-refractivity contribution in [1.29, 1.82) is 0 Å². The summed E-state index contributed by atoms with van der Waals surface area (Å²) in [6.07, 6.45) is 0.509. The number of hydrogen-bond acceptors (Lipinski definition) is 3. The van der Waals surface area contributed by atoms with Crippen molar-refractivity contribution in [2.75, 3.05) is 0 Å². The Hall–Kier alpha value is -1.33. The Bertz CT molecular complexity index is 388. The van der Waals surface area contributed by atoms with Gasteiger partial charge in [-0.15, -0.1) is 0 Å². The maximum atomic E-state index is 11.0. The van der Waals surface area contributed by atoms with Crippen LogP contribution in [0.1, 0.15) is 29.8 Å². The monoisotopic (exact) mass is 222 g/mol. The van der Waals surface area contributed by atoms with E-state index in [9.17, 15) is 14.8 Å². The van der Waals surface area contributed by atoms with Crippen molar-refractivity contribution in [3.63, 3.8) is 0 Å². The maximum Gasteiger partial charge on any atom is 0.488 e. The Labute approximate surface area is 94.7 Å². The van der Waals surface area contributed by atoms with E-state index in [4.69, 9.17) is 5.11 Å². The molecule has 0 bridgehead atoms. The van der Waals surface area contributed by atoms with Gasteiger partial charge in [0, 0.05) is 0 Å². The van der Waals surface area contributed by atoms with Gasteiger partial charge in [0.1, 0.15) is 0 Å². The second-order valence-corrected chi connectivity index (χ2v) is 4.15. The van der Waals surface area contributed by atoms with Gasteiger partial charge < -0.3 is 15.2 Å². The molecule has 0 atom stereocenters. The van der Waals surface area contributed by atoms with Gasteiger partial charge in [0.25, 0.3) is 0 Å². The molecule has 0 saturated carbocycles. The van der Waals surface area contributed by atoms with Crippen LogP contribution in [0.15, 0.2) is 18.2 Å². The van der Waals surface area contributed by atoms with E-state index in [0.29, 0.717) is 12.0 Å². The van der Waals surface area contributed by atoms with Crippen molar-refractivity contribution < 1.29 is 19.9 Å². The lowest BCUT2D eigenvalue weighted by molar-refractivity contribution is 0.0695. The summed E-state index contributed by atoms with van der Waals surface area (Å²) in [5.74, 6) is -0.795. The molecule has 1 aromatic rings. The molecule has 3 N–H and O–H groups in total. The van der Waals surface area contributed by atoms with Crippen molar-refractivity contribution in [3.8, 4) is 0 Å². The van der Waals surface area contributed by atoms with E-state index in [2.05, 4.69) is 0 Å². The number of benzene rings is 1. The minimum absolute atomic E-state index is 0.138. The summed E-state index contributed by atoms with van der Waals surface area (Å²) >= 11 is 0. The molecule has 0 heterocycles. The van der Waals surface area contributed by atoms with Gasteiger partial charge >= 0.3 is 13.1 Å². The minimum atomic E-state index is -1.63. The lowest BCUT2D eigenvalue weighted by Gasteiger charge is -2.13. The van der Waals surface area contributed by atoms with Crippen LogP contribution in [-0.2, 0) is 6.42 Å². The van der Waals surface area contributed by atoms with Crippen LogP contribution >= 0.6 is 0 Å². The first-order valence-electron chi connectivity index (χ1n) is 5.14. The van der Waals surface area contributed by atoms with E-state index in [1.165, 1.54) is 18.2 Å². The molecule has 0 aromatic heterocycles. The van der Waals surface area contributed by atoms with Crippen LogP contribution in [0, 0.1) is 5.92 Å². The van der Waals surface area contributed by atoms with Gasteiger partial charge in [-0.3, -0.25) is 0 Å². The Morgan fingerprint density at radius 2 is 2.00 bits per heavy atom. The molecule has 4 nitrogen and oxygen atoms in total. The summed E-state index contributed by atoms with van der Waals surface area (Å²) < 4.78 is 0. The predicted octanol–water partition coefficient (Wildman–Crippen LogP) is 0.263. The van der Waals surface area contributed by atoms with Gasteiger partial charge in [-0.05, 0) is 29.4 Å². The third-order valence-electron chi connectivity index (χ3n) is 2.33. The Balaban J connectivity index is 3.29. The molecule has 0 aliphatic carbocycles. The van der Waals surface area contributed by atoms with Crippen molar-refractivity contribution in [2.45, 2.75) is 20.3 Å². The van der Waals surface area contributed by atoms with E-state index in [-0.39, 0.29) is 16.9 Å². The van der Waals surface area contributed by atoms with Gasteiger partial charge in [-0.2, -0.15) is 0 Å². The molecular weight excluding hydrogens is 207 g/mol. The number of rotatable bonds is 4. The molecule has 0 saturated heterocycles. The summed E-state index contributed by atoms with van der Waals surface area (Å²) in [6.45, 7) is 3.90. The van der Waals surface area contributed by atoms with Crippen LogP contribution in [0.25, 0.3) is 0 Å². The summed E-state index contributed by atoms with van der Waals surface area (Å²) in [4.78, 5) is 11.0. The standard InChI is InChI=1S/C11H15BO4/c1-7(2)6-9-8(11(13)14)4-3-5-10(9)12(15)16/h3-5,7,15-16H,6H2,1-2H3,(H,13,14). The van der Waals surface area contributed by atoms with E-state index in [1.807, 2.05) is 13.8 Å². The van der Waals surface area contributed by atoms with E-state index < -0.39 is 13.1 Å². The highest BCUT2D eigenvalue weighted by atomic mass is 16.4. The largest absolute Gasteiger partial charge is 0.488 e. The second kappa shape index (κ2) is 5.14. The normalized spacial score (nSPS) is 10.6. The van der Waals surface area contributed by atoms with E-state index >= 15 is 0 Å². The fourth-order valence-corrected chi connectivity index (χ4v) is 1.68. The molecule has 0 aliphatic heterocycles. The maximum absolute atomic E-state index is 11.0. The molecule has 1 rings (SSSR count). The summed E-state index contributed by atoms with van der Waals surface area (Å²) in [5, 5.41) is 27.4. The molecule has 16 heavy (non-hydrogen) atoms. The number of aromatic carboxylic acids is 1. The molecule has 0 amide bonds. The fraction of sp³-hybridized carbons (Fsp3) is 0.364. The first kappa shape index (κ1) is 12.7. The third kappa shape index (κ3) is 2.84. The third-order valence-corrected chi connectivity index (χ3v) is 2.33. The lowest BCUT2D eigenvalue weighted by Crippen LogP contribution is -2.35.